The number of aromatic carboxylic acids is 1. The van der Waals surface area contributed by atoms with Gasteiger partial charge in [-0.2, -0.15) is 0 Å². The van der Waals surface area contributed by atoms with E-state index >= 15 is 0 Å². The number of hydrogen-bond acceptors (Lipinski definition) is 3. The first kappa shape index (κ1) is 16.8. The molecule has 128 valence electrons. The fourth-order valence-electron chi connectivity index (χ4n) is 2.87. The number of carboxylic acid groups (broad SMARTS) is 1. The van der Waals surface area contributed by atoms with Crippen molar-refractivity contribution in [1.82, 2.24) is 9.97 Å². The number of aromatic nitrogens is 2. The molecule has 0 saturated heterocycles. The maximum atomic E-state index is 11.3. The molecular formula is C20H21N3O2. The maximum Gasteiger partial charge on any atom is 0.337 e. The van der Waals surface area contributed by atoms with E-state index in [1.54, 1.807) is 18.2 Å². The van der Waals surface area contributed by atoms with Crippen molar-refractivity contribution in [2.24, 2.45) is 0 Å². The molecule has 1 aromatic heterocycles. The summed E-state index contributed by atoms with van der Waals surface area (Å²) in [6, 6.07) is 13.4. The Morgan fingerprint density at radius 3 is 2.48 bits per heavy atom. The summed E-state index contributed by atoms with van der Waals surface area (Å²) >= 11 is 0. The smallest absolute Gasteiger partial charge is 0.337 e. The Bertz CT molecular complexity index is 906. The highest BCUT2D eigenvalue weighted by Crippen LogP contribution is 2.19. The molecule has 5 heteroatoms. The van der Waals surface area contributed by atoms with Crippen LogP contribution in [0.5, 0.6) is 0 Å². The van der Waals surface area contributed by atoms with Crippen LogP contribution in [0.1, 0.15) is 35.6 Å². The van der Waals surface area contributed by atoms with Crippen LogP contribution in [0.25, 0.3) is 23.2 Å². The molecule has 25 heavy (non-hydrogen) atoms. The Hall–Kier alpha value is -3.08. The van der Waals surface area contributed by atoms with Gasteiger partial charge in [0.05, 0.1) is 16.6 Å². The van der Waals surface area contributed by atoms with E-state index in [1.807, 2.05) is 12.2 Å². The van der Waals surface area contributed by atoms with Crippen LogP contribution >= 0.6 is 0 Å². The second-order valence-electron chi connectivity index (χ2n) is 5.72. The van der Waals surface area contributed by atoms with E-state index in [1.165, 1.54) is 5.69 Å². The molecule has 0 aliphatic rings. The van der Waals surface area contributed by atoms with Gasteiger partial charge in [-0.05, 0) is 49.8 Å². The minimum atomic E-state index is -0.961. The van der Waals surface area contributed by atoms with Gasteiger partial charge in [0.2, 0.25) is 0 Å². The standard InChI is InChI=1S/C20H21N3O2/c1-3-23(4-2)15-11-8-14(9-12-15)10-13-18-21-17-7-5-6-16(20(24)25)19(17)22-18/h5-13H,3-4H2,1-2H3,(H,21,22)(H,24,25). The molecule has 2 N–H and O–H groups in total. The molecule has 0 amide bonds. The summed E-state index contributed by atoms with van der Waals surface area (Å²) in [4.78, 5) is 21.1. The highest BCUT2D eigenvalue weighted by Gasteiger charge is 2.10. The summed E-state index contributed by atoms with van der Waals surface area (Å²) < 4.78 is 0. The van der Waals surface area contributed by atoms with Crippen molar-refractivity contribution in [2.75, 3.05) is 18.0 Å². The van der Waals surface area contributed by atoms with Gasteiger partial charge in [-0.1, -0.05) is 24.3 Å². The fraction of sp³-hybridized carbons (Fsp3) is 0.200. The van der Waals surface area contributed by atoms with Crippen LogP contribution in [-0.4, -0.2) is 34.1 Å². The van der Waals surface area contributed by atoms with Gasteiger partial charge in [0, 0.05) is 18.8 Å². The first-order valence-corrected chi connectivity index (χ1v) is 8.37. The largest absolute Gasteiger partial charge is 0.478 e. The molecule has 0 saturated carbocycles. The number of para-hydroxylation sites is 1. The number of hydrogen-bond donors (Lipinski definition) is 2. The van der Waals surface area contributed by atoms with Crippen LogP contribution in [0.15, 0.2) is 42.5 Å². The zero-order valence-corrected chi connectivity index (χ0v) is 14.4. The van der Waals surface area contributed by atoms with Gasteiger partial charge in [-0.25, -0.2) is 9.78 Å². The predicted molar refractivity (Wildman–Crippen MR) is 102 cm³/mol. The van der Waals surface area contributed by atoms with Gasteiger partial charge in [0.1, 0.15) is 5.82 Å². The van der Waals surface area contributed by atoms with Gasteiger partial charge in [-0.3, -0.25) is 0 Å². The molecule has 0 aliphatic carbocycles. The topological polar surface area (TPSA) is 69.2 Å². The lowest BCUT2D eigenvalue weighted by atomic mass is 10.2. The zero-order chi connectivity index (χ0) is 17.8. The van der Waals surface area contributed by atoms with Crippen LogP contribution in [-0.2, 0) is 0 Å². The Morgan fingerprint density at radius 2 is 1.84 bits per heavy atom. The average molecular weight is 335 g/mol. The lowest BCUT2D eigenvalue weighted by Crippen LogP contribution is -2.21. The summed E-state index contributed by atoms with van der Waals surface area (Å²) in [6.07, 6.45) is 3.82. The van der Waals surface area contributed by atoms with E-state index in [0.717, 1.165) is 18.7 Å². The average Bonchev–Trinajstić information content (AvgIpc) is 3.05. The molecular weight excluding hydrogens is 314 g/mol. The van der Waals surface area contributed by atoms with Gasteiger partial charge in [0.25, 0.3) is 0 Å². The molecule has 0 spiro atoms. The third-order valence-electron chi connectivity index (χ3n) is 4.22. The number of imidazole rings is 1. The van der Waals surface area contributed by atoms with Gasteiger partial charge >= 0.3 is 5.97 Å². The SMILES string of the molecule is CCN(CC)c1ccc(C=Cc2nc3cccc(C(=O)O)c3[nH]2)cc1. The molecule has 0 aliphatic heterocycles. The normalized spacial score (nSPS) is 11.3. The number of rotatable bonds is 6. The molecule has 0 bridgehead atoms. The Labute approximate surface area is 146 Å². The van der Waals surface area contributed by atoms with Crippen LogP contribution in [0.2, 0.25) is 0 Å². The van der Waals surface area contributed by atoms with E-state index < -0.39 is 5.97 Å². The molecule has 5 nitrogen and oxygen atoms in total. The van der Waals surface area contributed by atoms with Gasteiger partial charge in [0.15, 0.2) is 0 Å². The van der Waals surface area contributed by atoms with Crippen LogP contribution in [0.3, 0.4) is 0 Å². The summed E-state index contributed by atoms with van der Waals surface area (Å²) in [5.41, 5.74) is 3.70. The molecule has 3 rings (SSSR count). The lowest BCUT2D eigenvalue weighted by molar-refractivity contribution is 0.0699. The van der Waals surface area contributed by atoms with Crippen molar-refractivity contribution >= 4 is 34.8 Å². The summed E-state index contributed by atoms with van der Waals surface area (Å²) in [5, 5.41) is 9.24. The predicted octanol–water partition coefficient (Wildman–Crippen LogP) is 4.28. The lowest BCUT2D eigenvalue weighted by Gasteiger charge is -2.20. The van der Waals surface area contributed by atoms with Crippen LogP contribution in [0.4, 0.5) is 5.69 Å². The number of fused-ring (bicyclic) bond motifs is 1. The first-order valence-electron chi connectivity index (χ1n) is 8.37. The third kappa shape index (κ3) is 3.55. The molecule has 0 fully saturated rings. The Morgan fingerprint density at radius 1 is 1.12 bits per heavy atom. The molecule has 2 aromatic carbocycles. The summed E-state index contributed by atoms with van der Waals surface area (Å²) in [6.45, 7) is 6.25. The second-order valence-corrected chi connectivity index (χ2v) is 5.72. The minimum absolute atomic E-state index is 0.230. The van der Waals surface area contributed by atoms with Crippen molar-refractivity contribution in [3.63, 3.8) is 0 Å². The number of carbonyl (C=O) groups is 1. The first-order chi connectivity index (χ1) is 12.1. The summed E-state index contributed by atoms with van der Waals surface area (Å²) in [5.74, 6) is -0.326. The summed E-state index contributed by atoms with van der Waals surface area (Å²) in [7, 11) is 0. The Balaban J connectivity index is 1.83. The van der Waals surface area contributed by atoms with Crippen molar-refractivity contribution in [3.05, 3.63) is 59.4 Å². The molecule has 0 radical (unpaired) electrons. The van der Waals surface area contributed by atoms with E-state index in [9.17, 15) is 9.90 Å². The number of H-pyrrole nitrogens is 1. The quantitative estimate of drug-likeness (QED) is 0.705. The van der Waals surface area contributed by atoms with E-state index in [0.29, 0.717) is 16.9 Å². The van der Waals surface area contributed by atoms with E-state index in [4.69, 9.17) is 0 Å². The molecule has 0 unspecified atom stereocenters. The number of aromatic amines is 1. The van der Waals surface area contributed by atoms with Crippen molar-refractivity contribution in [3.8, 4) is 0 Å². The third-order valence-corrected chi connectivity index (χ3v) is 4.22. The van der Waals surface area contributed by atoms with E-state index in [-0.39, 0.29) is 5.56 Å². The number of nitrogens with one attached hydrogen (secondary N) is 1. The van der Waals surface area contributed by atoms with Gasteiger partial charge < -0.3 is 15.0 Å². The molecule has 0 atom stereocenters. The van der Waals surface area contributed by atoms with Crippen molar-refractivity contribution in [2.45, 2.75) is 13.8 Å². The van der Waals surface area contributed by atoms with Crippen molar-refractivity contribution in [1.29, 1.82) is 0 Å². The van der Waals surface area contributed by atoms with Crippen LogP contribution < -0.4 is 4.90 Å². The number of carboxylic acids is 1. The maximum absolute atomic E-state index is 11.3. The Kier molecular flexibility index (Phi) is 4.84. The monoisotopic (exact) mass is 335 g/mol. The minimum Gasteiger partial charge on any atom is -0.478 e. The zero-order valence-electron chi connectivity index (χ0n) is 14.4. The van der Waals surface area contributed by atoms with Gasteiger partial charge in [-0.15, -0.1) is 0 Å². The number of nitrogens with zero attached hydrogens (tertiary/aromatic N) is 2. The van der Waals surface area contributed by atoms with Crippen LogP contribution in [0, 0.1) is 0 Å². The number of anilines is 1. The fourth-order valence-corrected chi connectivity index (χ4v) is 2.87. The van der Waals surface area contributed by atoms with E-state index in [2.05, 4.69) is 53.0 Å². The molecule has 1 heterocycles. The molecule has 3 aromatic rings. The second kappa shape index (κ2) is 7.21. The number of benzene rings is 2. The highest BCUT2D eigenvalue weighted by atomic mass is 16.4. The van der Waals surface area contributed by atoms with Crippen molar-refractivity contribution < 1.29 is 9.90 Å². The highest BCUT2D eigenvalue weighted by molar-refractivity contribution is 6.01.